The lowest BCUT2D eigenvalue weighted by molar-refractivity contribution is 0.0539. The molecule has 0 spiro atoms. The Balaban J connectivity index is 2.26. The van der Waals surface area contributed by atoms with E-state index in [-0.39, 0.29) is 0 Å². The summed E-state index contributed by atoms with van der Waals surface area (Å²) in [5, 5.41) is 18.2. The third kappa shape index (κ3) is 1.81. The molecule has 4 nitrogen and oxygen atoms in total. The third-order valence-electron chi connectivity index (χ3n) is 3.16. The predicted molar refractivity (Wildman–Crippen MR) is 57.1 cm³/mol. The van der Waals surface area contributed by atoms with Gasteiger partial charge in [-0.1, -0.05) is 13.0 Å². The minimum Gasteiger partial charge on any atom is -0.378 e. The number of allylic oxidation sites excluding steroid dienone is 1. The average molecular weight is 207 g/mol. The fraction of sp³-hybridized carbons (Fsp3) is 0.636. The lowest BCUT2D eigenvalue weighted by Gasteiger charge is -2.29. The van der Waals surface area contributed by atoms with Crippen LogP contribution in [0.5, 0.6) is 0 Å². The van der Waals surface area contributed by atoms with Crippen LogP contribution in [0.1, 0.15) is 32.0 Å². The number of hydrogen-bond acceptors (Lipinski definition) is 3. The normalized spacial score (nSPS) is 30.7. The second kappa shape index (κ2) is 3.77. The van der Waals surface area contributed by atoms with Gasteiger partial charge in [-0.05, 0) is 31.3 Å². The first-order valence-corrected chi connectivity index (χ1v) is 5.42. The molecule has 2 atom stereocenters. The van der Waals surface area contributed by atoms with E-state index in [4.69, 9.17) is 0 Å². The average Bonchev–Trinajstić information content (AvgIpc) is 2.66. The van der Waals surface area contributed by atoms with Crippen LogP contribution in [0, 0.1) is 5.92 Å². The molecule has 0 saturated carbocycles. The summed E-state index contributed by atoms with van der Waals surface area (Å²) in [6.45, 7) is 2.17. The Hall–Kier alpha value is -1.16. The molecular weight excluding hydrogens is 190 g/mol. The second-order valence-corrected chi connectivity index (χ2v) is 4.26. The van der Waals surface area contributed by atoms with Gasteiger partial charge in [0.15, 0.2) is 5.82 Å². The summed E-state index contributed by atoms with van der Waals surface area (Å²) in [6, 6.07) is 0. The highest BCUT2D eigenvalue weighted by atomic mass is 16.3. The molecule has 1 aromatic rings. The zero-order valence-corrected chi connectivity index (χ0v) is 9.22. The van der Waals surface area contributed by atoms with Crippen molar-refractivity contribution in [2.24, 2.45) is 13.0 Å². The van der Waals surface area contributed by atoms with Crippen LogP contribution >= 0.6 is 0 Å². The van der Waals surface area contributed by atoms with Gasteiger partial charge in [-0.15, -0.1) is 10.2 Å². The Kier molecular flexibility index (Phi) is 2.61. The van der Waals surface area contributed by atoms with Gasteiger partial charge in [-0.3, -0.25) is 0 Å². The van der Waals surface area contributed by atoms with Crippen LogP contribution in [0.4, 0.5) is 0 Å². The molecule has 2 rings (SSSR count). The van der Waals surface area contributed by atoms with Crippen LogP contribution in [0.2, 0.25) is 0 Å². The van der Waals surface area contributed by atoms with E-state index in [1.54, 1.807) is 10.9 Å². The maximum Gasteiger partial charge on any atom is 0.168 e. The van der Waals surface area contributed by atoms with Gasteiger partial charge in [0, 0.05) is 7.05 Å². The molecule has 15 heavy (non-hydrogen) atoms. The summed E-state index contributed by atoms with van der Waals surface area (Å²) in [6.07, 6.45) is 8.45. The van der Waals surface area contributed by atoms with E-state index in [9.17, 15) is 5.11 Å². The highest BCUT2D eigenvalue weighted by molar-refractivity contribution is 5.16. The molecule has 0 aliphatic heterocycles. The Morgan fingerprint density at radius 3 is 2.93 bits per heavy atom. The molecule has 0 amide bonds. The summed E-state index contributed by atoms with van der Waals surface area (Å²) in [4.78, 5) is 0. The highest BCUT2D eigenvalue weighted by Gasteiger charge is 2.33. The predicted octanol–water partition coefficient (Wildman–Crippen LogP) is 1.38. The van der Waals surface area contributed by atoms with Crippen LogP contribution in [-0.2, 0) is 12.6 Å². The molecule has 1 aliphatic rings. The minimum atomic E-state index is -0.920. The Bertz CT molecular complexity index is 372. The molecule has 1 aliphatic carbocycles. The summed E-state index contributed by atoms with van der Waals surface area (Å²) < 4.78 is 1.77. The third-order valence-corrected chi connectivity index (χ3v) is 3.16. The quantitative estimate of drug-likeness (QED) is 0.745. The van der Waals surface area contributed by atoms with E-state index in [2.05, 4.69) is 23.2 Å². The first kappa shape index (κ1) is 10.4. The van der Waals surface area contributed by atoms with E-state index in [1.165, 1.54) is 0 Å². The van der Waals surface area contributed by atoms with Gasteiger partial charge in [0.1, 0.15) is 11.9 Å². The van der Waals surface area contributed by atoms with Crippen molar-refractivity contribution in [3.8, 4) is 0 Å². The molecule has 0 saturated heterocycles. The lowest BCUT2D eigenvalue weighted by Crippen LogP contribution is -2.30. The number of aliphatic hydroxyl groups is 1. The van der Waals surface area contributed by atoms with E-state index in [1.807, 2.05) is 13.1 Å². The SMILES string of the molecule is CCC1C=CC(O)(c2nncn2C)CC1. The zero-order chi connectivity index (χ0) is 10.9. The molecular formula is C11H17N3O. The van der Waals surface area contributed by atoms with Crippen molar-refractivity contribution in [1.29, 1.82) is 0 Å². The number of rotatable bonds is 2. The van der Waals surface area contributed by atoms with E-state index in [0.717, 1.165) is 19.3 Å². The maximum absolute atomic E-state index is 10.4. The van der Waals surface area contributed by atoms with Crippen molar-refractivity contribution >= 4 is 0 Å². The van der Waals surface area contributed by atoms with Crippen molar-refractivity contribution in [3.05, 3.63) is 24.3 Å². The van der Waals surface area contributed by atoms with E-state index >= 15 is 0 Å². The summed E-state index contributed by atoms with van der Waals surface area (Å²) in [5.74, 6) is 1.23. The number of aromatic nitrogens is 3. The van der Waals surface area contributed by atoms with Crippen molar-refractivity contribution in [2.45, 2.75) is 31.8 Å². The highest BCUT2D eigenvalue weighted by Crippen LogP contribution is 2.33. The molecule has 0 fully saturated rings. The first-order chi connectivity index (χ1) is 7.15. The van der Waals surface area contributed by atoms with Crippen LogP contribution in [0.15, 0.2) is 18.5 Å². The molecule has 2 unspecified atom stereocenters. The zero-order valence-electron chi connectivity index (χ0n) is 9.22. The largest absolute Gasteiger partial charge is 0.378 e. The van der Waals surface area contributed by atoms with Gasteiger partial charge in [0.05, 0.1) is 0 Å². The van der Waals surface area contributed by atoms with Crippen LogP contribution < -0.4 is 0 Å². The lowest BCUT2D eigenvalue weighted by atomic mass is 9.83. The molecule has 0 radical (unpaired) electrons. The number of aryl methyl sites for hydroxylation is 1. The summed E-state index contributed by atoms with van der Waals surface area (Å²) in [5.41, 5.74) is -0.920. The van der Waals surface area contributed by atoms with Crippen molar-refractivity contribution in [3.63, 3.8) is 0 Å². The van der Waals surface area contributed by atoms with Crippen LogP contribution in [0.25, 0.3) is 0 Å². The Morgan fingerprint density at radius 1 is 1.67 bits per heavy atom. The monoisotopic (exact) mass is 207 g/mol. The topological polar surface area (TPSA) is 50.9 Å². The molecule has 1 aromatic heterocycles. The fourth-order valence-corrected chi connectivity index (χ4v) is 2.08. The summed E-state index contributed by atoms with van der Waals surface area (Å²) >= 11 is 0. The maximum atomic E-state index is 10.4. The van der Waals surface area contributed by atoms with E-state index in [0.29, 0.717) is 11.7 Å². The summed E-state index contributed by atoms with van der Waals surface area (Å²) in [7, 11) is 1.85. The smallest absolute Gasteiger partial charge is 0.168 e. The minimum absolute atomic E-state index is 0.596. The first-order valence-electron chi connectivity index (χ1n) is 5.42. The van der Waals surface area contributed by atoms with Gasteiger partial charge in [0.25, 0.3) is 0 Å². The van der Waals surface area contributed by atoms with Crippen LogP contribution in [-0.4, -0.2) is 19.9 Å². The van der Waals surface area contributed by atoms with Gasteiger partial charge < -0.3 is 9.67 Å². The van der Waals surface area contributed by atoms with Crippen LogP contribution in [0.3, 0.4) is 0 Å². The standard InChI is InChI=1S/C11H17N3O/c1-3-9-4-6-11(15,7-5-9)10-13-12-8-14(10)2/h4,6,8-9,15H,3,5,7H2,1-2H3. The van der Waals surface area contributed by atoms with Gasteiger partial charge in [-0.2, -0.15) is 0 Å². The second-order valence-electron chi connectivity index (χ2n) is 4.26. The van der Waals surface area contributed by atoms with Crippen molar-refractivity contribution in [2.75, 3.05) is 0 Å². The van der Waals surface area contributed by atoms with Gasteiger partial charge in [-0.25, -0.2) is 0 Å². The molecule has 1 N–H and O–H groups in total. The fourth-order valence-electron chi connectivity index (χ4n) is 2.08. The Morgan fingerprint density at radius 2 is 2.47 bits per heavy atom. The molecule has 0 bridgehead atoms. The molecule has 1 heterocycles. The van der Waals surface area contributed by atoms with Crippen molar-refractivity contribution < 1.29 is 5.11 Å². The van der Waals surface area contributed by atoms with Gasteiger partial charge >= 0.3 is 0 Å². The number of hydrogen-bond donors (Lipinski definition) is 1. The molecule has 0 aromatic carbocycles. The Labute approximate surface area is 89.6 Å². The van der Waals surface area contributed by atoms with Crippen molar-refractivity contribution in [1.82, 2.24) is 14.8 Å². The molecule has 82 valence electrons. The molecule has 4 heteroatoms. The van der Waals surface area contributed by atoms with Gasteiger partial charge in [0.2, 0.25) is 0 Å². The van der Waals surface area contributed by atoms with E-state index < -0.39 is 5.60 Å². The number of nitrogens with zero attached hydrogens (tertiary/aromatic N) is 3.